The summed E-state index contributed by atoms with van der Waals surface area (Å²) in [7, 11) is 0. The zero-order valence-corrected chi connectivity index (χ0v) is 9.26. The Morgan fingerprint density at radius 1 is 1.21 bits per heavy atom. The molecule has 0 heterocycles. The molecule has 0 aromatic heterocycles. The Labute approximate surface area is 87.7 Å². The molecule has 0 saturated heterocycles. The van der Waals surface area contributed by atoms with Gasteiger partial charge in [-0.05, 0) is 24.8 Å². The van der Waals surface area contributed by atoms with Gasteiger partial charge in [0.2, 0.25) is 0 Å². The first kappa shape index (κ1) is 11.5. The van der Waals surface area contributed by atoms with Crippen LogP contribution < -0.4 is 5.32 Å². The third-order valence-corrected chi connectivity index (χ3v) is 3.28. The van der Waals surface area contributed by atoms with Crippen LogP contribution in [0.25, 0.3) is 0 Å². The molecule has 0 unspecified atom stereocenters. The molecular formula is C12H22N2. The number of rotatable bonds is 5. The van der Waals surface area contributed by atoms with Crippen LogP contribution in [0.4, 0.5) is 0 Å². The fourth-order valence-electron chi connectivity index (χ4n) is 2.19. The molecular weight excluding hydrogens is 172 g/mol. The van der Waals surface area contributed by atoms with Crippen LogP contribution >= 0.6 is 0 Å². The molecule has 0 aromatic carbocycles. The predicted molar refractivity (Wildman–Crippen MR) is 58.8 cm³/mol. The lowest BCUT2D eigenvalue weighted by Crippen LogP contribution is -2.21. The minimum atomic E-state index is 0.641. The summed E-state index contributed by atoms with van der Waals surface area (Å²) in [6.07, 6.45) is 7.62. The van der Waals surface area contributed by atoms with Crippen molar-refractivity contribution in [2.24, 2.45) is 11.8 Å². The van der Waals surface area contributed by atoms with Crippen molar-refractivity contribution in [2.75, 3.05) is 13.1 Å². The van der Waals surface area contributed by atoms with Crippen molar-refractivity contribution in [3.05, 3.63) is 0 Å². The molecule has 0 bridgehead atoms. The van der Waals surface area contributed by atoms with Crippen molar-refractivity contribution in [3.63, 3.8) is 0 Å². The third kappa shape index (κ3) is 4.62. The Morgan fingerprint density at radius 3 is 2.57 bits per heavy atom. The predicted octanol–water partition coefficient (Wildman–Crippen LogP) is 2.71. The first-order chi connectivity index (χ1) is 6.83. The second-order valence-corrected chi connectivity index (χ2v) is 4.57. The van der Waals surface area contributed by atoms with Gasteiger partial charge in [0.1, 0.15) is 0 Å². The number of nitrogens with zero attached hydrogens (tertiary/aromatic N) is 1. The van der Waals surface area contributed by atoms with Gasteiger partial charge in [0.05, 0.1) is 6.07 Å². The summed E-state index contributed by atoms with van der Waals surface area (Å²) in [5.74, 6) is 1.90. The Bertz CT molecular complexity index is 175. The van der Waals surface area contributed by atoms with Gasteiger partial charge in [-0.1, -0.05) is 32.6 Å². The molecule has 1 rings (SSSR count). The second-order valence-electron chi connectivity index (χ2n) is 4.57. The lowest BCUT2D eigenvalue weighted by atomic mass is 9.81. The van der Waals surface area contributed by atoms with Gasteiger partial charge in [0, 0.05) is 13.0 Å². The summed E-state index contributed by atoms with van der Waals surface area (Å²) in [5, 5.41) is 11.7. The summed E-state index contributed by atoms with van der Waals surface area (Å²) < 4.78 is 0. The maximum Gasteiger partial charge on any atom is 0.0635 e. The molecule has 1 fully saturated rings. The molecule has 1 aliphatic carbocycles. The summed E-state index contributed by atoms with van der Waals surface area (Å²) in [6.45, 7) is 4.32. The van der Waals surface area contributed by atoms with E-state index in [1.54, 1.807) is 0 Å². The van der Waals surface area contributed by atoms with Crippen molar-refractivity contribution in [2.45, 2.75) is 45.4 Å². The first-order valence-corrected chi connectivity index (χ1v) is 5.90. The standard InChI is InChI=1S/C12H22N2/c1-11-3-5-12(6-4-11)7-10-14-9-2-8-13/h11-12,14H,2-7,9-10H2,1H3. The molecule has 80 valence electrons. The molecule has 2 nitrogen and oxygen atoms in total. The molecule has 14 heavy (non-hydrogen) atoms. The van der Waals surface area contributed by atoms with Crippen LogP contribution in [0.15, 0.2) is 0 Å². The molecule has 0 aliphatic heterocycles. The molecule has 0 radical (unpaired) electrons. The highest BCUT2D eigenvalue weighted by Crippen LogP contribution is 2.29. The smallest absolute Gasteiger partial charge is 0.0635 e. The molecule has 0 aromatic rings. The number of hydrogen-bond donors (Lipinski definition) is 1. The molecule has 0 spiro atoms. The van der Waals surface area contributed by atoms with Crippen molar-refractivity contribution < 1.29 is 0 Å². The maximum atomic E-state index is 8.35. The van der Waals surface area contributed by atoms with Gasteiger partial charge in [0.25, 0.3) is 0 Å². The van der Waals surface area contributed by atoms with E-state index in [1.807, 2.05) is 0 Å². The van der Waals surface area contributed by atoms with Gasteiger partial charge in [-0.25, -0.2) is 0 Å². The fraction of sp³-hybridized carbons (Fsp3) is 0.917. The van der Waals surface area contributed by atoms with Crippen molar-refractivity contribution >= 4 is 0 Å². The van der Waals surface area contributed by atoms with Crippen LogP contribution in [-0.4, -0.2) is 13.1 Å². The minimum absolute atomic E-state index is 0.641. The summed E-state index contributed by atoms with van der Waals surface area (Å²) in [5.41, 5.74) is 0. The van der Waals surface area contributed by atoms with E-state index < -0.39 is 0 Å². The molecule has 0 amide bonds. The number of hydrogen-bond acceptors (Lipinski definition) is 2. The van der Waals surface area contributed by atoms with Gasteiger partial charge in [-0.3, -0.25) is 0 Å². The average Bonchev–Trinajstić information content (AvgIpc) is 2.21. The lowest BCUT2D eigenvalue weighted by molar-refractivity contribution is 0.275. The fourth-order valence-corrected chi connectivity index (χ4v) is 2.19. The van der Waals surface area contributed by atoms with Crippen LogP contribution in [0, 0.1) is 23.2 Å². The van der Waals surface area contributed by atoms with E-state index in [4.69, 9.17) is 5.26 Å². The average molecular weight is 194 g/mol. The van der Waals surface area contributed by atoms with E-state index >= 15 is 0 Å². The van der Waals surface area contributed by atoms with Crippen molar-refractivity contribution in [3.8, 4) is 6.07 Å². The van der Waals surface area contributed by atoms with E-state index in [1.165, 1.54) is 32.1 Å². The van der Waals surface area contributed by atoms with Gasteiger partial charge < -0.3 is 5.32 Å². The number of nitrogens with one attached hydrogen (secondary N) is 1. The second kappa shape index (κ2) is 6.84. The van der Waals surface area contributed by atoms with Crippen molar-refractivity contribution in [1.82, 2.24) is 5.32 Å². The largest absolute Gasteiger partial charge is 0.316 e. The van der Waals surface area contributed by atoms with E-state index in [0.717, 1.165) is 24.9 Å². The maximum absolute atomic E-state index is 8.35. The normalized spacial score (nSPS) is 27.1. The monoisotopic (exact) mass is 194 g/mol. The van der Waals surface area contributed by atoms with E-state index in [-0.39, 0.29) is 0 Å². The summed E-state index contributed by atoms with van der Waals surface area (Å²) >= 11 is 0. The molecule has 1 aliphatic rings. The lowest BCUT2D eigenvalue weighted by Gasteiger charge is -2.26. The topological polar surface area (TPSA) is 35.8 Å². The Balaban J connectivity index is 1.94. The number of nitriles is 1. The highest BCUT2D eigenvalue weighted by Gasteiger charge is 2.17. The van der Waals surface area contributed by atoms with Gasteiger partial charge in [-0.2, -0.15) is 5.26 Å². The van der Waals surface area contributed by atoms with Gasteiger partial charge >= 0.3 is 0 Å². The molecule has 1 saturated carbocycles. The highest BCUT2D eigenvalue weighted by molar-refractivity contribution is 4.72. The van der Waals surface area contributed by atoms with Gasteiger partial charge in [0.15, 0.2) is 0 Å². The van der Waals surface area contributed by atoms with Crippen molar-refractivity contribution in [1.29, 1.82) is 5.26 Å². The zero-order valence-electron chi connectivity index (χ0n) is 9.26. The molecule has 0 atom stereocenters. The van der Waals surface area contributed by atoms with Crippen LogP contribution in [0.2, 0.25) is 0 Å². The van der Waals surface area contributed by atoms with Crippen LogP contribution in [0.1, 0.15) is 45.4 Å². The van der Waals surface area contributed by atoms with Crippen LogP contribution in [0.5, 0.6) is 0 Å². The van der Waals surface area contributed by atoms with Crippen LogP contribution in [-0.2, 0) is 0 Å². The summed E-state index contributed by atoms with van der Waals surface area (Å²) in [4.78, 5) is 0. The molecule has 1 N–H and O–H groups in total. The third-order valence-electron chi connectivity index (χ3n) is 3.28. The highest BCUT2D eigenvalue weighted by atomic mass is 14.8. The Kier molecular flexibility index (Phi) is 5.63. The Hall–Kier alpha value is -0.550. The van der Waals surface area contributed by atoms with E-state index in [0.29, 0.717) is 6.42 Å². The van der Waals surface area contributed by atoms with E-state index in [9.17, 15) is 0 Å². The minimum Gasteiger partial charge on any atom is -0.316 e. The summed E-state index contributed by atoms with van der Waals surface area (Å²) in [6, 6.07) is 2.15. The zero-order chi connectivity index (χ0) is 10.2. The molecule has 2 heteroatoms. The van der Waals surface area contributed by atoms with Gasteiger partial charge in [-0.15, -0.1) is 0 Å². The quantitative estimate of drug-likeness (QED) is 0.683. The Morgan fingerprint density at radius 2 is 1.93 bits per heavy atom. The SMILES string of the molecule is CC1CCC(CCNCCC#N)CC1. The first-order valence-electron chi connectivity index (χ1n) is 5.90. The van der Waals surface area contributed by atoms with Crippen LogP contribution in [0.3, 0.4) is 0 Å². The van der Waals surface area contributed by atoms with E-state index in [2.05, 4.69) is 18.3 Å².